The van der Waals surface area contributed by atoms with Crippen molar-refractivity contribution in [3.63, 3.8) is 0 Å². The second kappa shape index (κ2) is 9.44. The SMILES string of the molecule is CCNCC1CCN(C(=O)Cc2cccc(Br)c2)CC1.Cl. The van der Waals surface area contributed by atoms with Crippen LogP contribution in [-0.2, 0) is 11.2 Å². The summed E-state index contributed by atoms with van der Waals surface area (Å²) in [6.07, 6.45) is 2.76. The van der Waals surface area contributed by atoms with Crippen LogP contribution in [0.1, 0.15) is 25.3 Å². The molecule has 0 radical (unpaired) electrons. The average Bonchev–Trinajstić information content (AvgIpc) is 2.45. The van der Waals surface area contributed by atoms with Gasteiger partial charge in [-0.3, -0.25) is 4.79 Å². The summed E-state index contributed by atoms with van der Waals surface area (Å²) in [6, 6.07) is 8.01. The van der Waals surface area contributed by atoms with Crippen molar-refractivity contribution in [2.24, 2.45) is 5.92 Å². The molecule has 1 fully saturated rings. The lowest BCUT2D eigenvalue weighted by atomic mass is 9.96. The summed E-state index contributed by atoms with van der Waals surface area (Å²) >= 11 is 3.45. The van der Waals surface area contributed by atoms with E-state index in [9.17, 15) is 4.79 Å². The molecule has 0 aromatic heterocycles. The van der Waals surface area contributed by atoms with Gasteiger partial charge in [0.15, 0.2) is 0 Å². The van der Waals surface area contributed by atoms with Gasteiger partial charge in [-0.1, -0.05) is 35.0 Å². The Morgan fingerprint density at radius 1 is 1.38 bits per heavy atom. The quantitative estimate of drug-likeness (QED) is 0.856. The van der Waals surface area contributed by atoms with Crippen LogP contribution in [0.5, 0.6) is 0 Å². The molecule has 1 aliphatic heterocycles. The van der Waals surface area contributed by atoms with Crippen LogP contribution in [0.25, 0.3) is 0 Å². The zero-order chi connectivity index (χ0) is 14.4. The molecule has 0 aliphatic carbocycles. The fraction of sp³-hybridized carbons (Fsp3) is 0.562. The van der Waals surface area contributed by atoms with Crippen LogP contribution in [0.4, 0.5) is 0 Å². The molecule has 3 nitrogen and oxygen atoms in total. The maximum absolute atomic E-state index is 12.3. The summed E-state index contributed by atoms with van der Waals surface area (Å²) in [7, 11) is 0. The van der Waals surface area contributed by atoms with Crippen LogP contribution in [-0.4, -0.2) is 37.0 Å². The molecule has 0 spiro atoms. The Kier molecular flexibility index (Phi) is 8.30. The fourth-order valence-electron chi connectivity index (χ4n) is 2.67. The molecule has 1 aromatic carbocycles. The Labute approximate surface area is 142 Å². The van der Waals surface area contributed by atoms with E-state index in [2.05, 4.69) is 28.2 Å². The van der Waals surface area contributed by atoms with Gasteiger partial charge in [0.1, 0.15) is 0 Å². The van der Waals surface area contributed by atoms with Crippen LogP contribution in [0.2, 0.25) is 0 Å². The van der Waals surface area contributed by atoms with Crippen molar-refractivity contribution in [1.82, 2.24) is 10.2 Å². The van der Waals surface area contributed by atoms with Gasteiger partial charge in [0.2, 0.25) is 5.91 Å². The zero-order valence-electron chi connectivity index (χ0n) is 12.5. The van der Waals surface area contributed by atoms with Gasteiger partial charge in [-0.15, -0.1) is 12.4 Å². The van der Waals surface area contributed by atoms with Crippen molar-refractivity contribution < 1.29 is 4.79 Å². The summed E-state index contributed by atoms with van der Waals surface area (Å²) in [4.78, 5) is 14.3. The first-order chi connectivity index (χ1) is 9.69. The van der Waals surface area contributed by atoms with Crippen molar-refractivity contribution in [2.75, 3.05) is 26.2 Å². The van der Waals surface area contributed by atoms with E-state index in [0.717, 1.165) is 55.0 Å². The van der Waals surface area contributed by atoms with E-state index in [1.165, 1.54) is 0 Å². The van der Waals surface area contributed by atoms with Gasteiger partial charge in [-0.25, -0.2) is 0 Å². The Hall–Kier alpha value is -0.580. The smallest absolute Gasteiger partial charge is 0.226 e. The largest absolute Gasteiger partial charge is 0.342 e. The number of nitrogens with one attached hydrogen (secondary N) is 1. The maximum atomic E-state index is 12.3. The highest BCUT2D eigenvalue weighted by Crippen LogP contribution is 2.18. The molecular formula is C16H24BrClN2O. The average molecular weight is 376 g/mol. The van der Waals surface area contributed by atoms with E-state index in [4.69, 9.17) is 0 Å². The van der Waals surface area contributed by atoms with Crippen molar-refractivity contribution in [2.45, 2.75) is 26.2 Å². The molecule has 1 amide bonds. The number of amides is 1. The van der Waals surface area contributed by atoms with Crippen molar-refractivity contribution in [3.8, 4) is 0 Å². The Morgan fingerprint density at radius 2 is 2.10 bits per heavy atom. The maximum Gasteiger partial charge on any atom is 0.226 e. The molecule has 1 aliphatic rings. The highest BCUT2D eigenvalue weighted by atomic mass is 79.9. The molecule has 0 bridgehead atoms. The molecular weight excluding hydrogens is 352 g/mol. The molecule has 21 heavy (non-hydrogen) atoms. The summed E-state index contributed by atoms with van der Waals surface area (Å²) in [5, 5.41) is 3.40. The highest BCUT2D eigenvalue weighted by molar-refractivity contribution is 9.10. The number of piperidine rings is 1. The molecule has 0 atom stereocenters. The zero-order valence-corrected chi connectivity index (χ0v) is 14.9. The molecule has 1 N–H and O–H groups in total. The van der Waals surface area contributed by atoms with E-state index < -0.39 is 0 Å². The summed E-state index contributed by atoms with van der Waals surface area (Å²) < 4.78 is 1.03. The van der Waals surface area contributed by atoms with Gasteiger partial charge in [-0.05, 0) is 49.5 Å². The van der Waals surface area contributed by atoms with E-state index in [1.54, 1.807) is 0 Å². The number of rotatable bonds is 5. The van der Waals surface area contributed by atoms with Crippen LogP contribution in [0.15, 0.2) is 28.7 Å². The predicted octanol–water partition coefficient (Wildman–Crippen LogP) is 3.26. The number of nitrogens with zero attached hydrogens (tertiary/aromatic N) is 1. The standard InChI is InChI=1S/C16H23BrN2O.ClH/c1-2-18-12-13-6-8-19(9-7-13)16(20)11-14-4-3-5-15(17)10-14;/h3-5,10,13,18H,2,6-9,11-12H2,1H3;1H. The van der Waals surface area contributed by atoms with Crippen LogP contribution < -0.4 is 5.32 Å². The minimum atomic E-state index is 0. The van der Waals surface area contributed by atoms with Crippen molar-refractivity contribution in [3.05, 3.63) is 34.3 Å². The fourth-order valence-corrected chi connectivity index (χ4v) is 3.11. The third kappa shape index (κ3) is 5.97. The minimum Gasteiger partial charge on any atom is -0.342 e. The molecule has 2 rings (SSSR count). The van der Waals surface area contributed by atoms with Gasteiger partial charge in [0, 0.05) is 17.6 Å². The van der Waals surface area contributed by atoms with Gasteiger partial charge in [-0.2, -0.15) is 0 Å². The van der Waals surface area contributed by atoms with Crippen LogP contribution >= 0.6 is 28.3 Å². The van der Waals surface area contributed by atoms with Crippen molar-refractivity contribution in [1.29, 1.82) is 0 Å². The van der Waals surface area contributed by atoms with Crippen LogP contribution in [0, 0.1) is 5.92 Å². The molecule has 1 saturated heterocycles. The molecule has 118 valence electrons. The number of hydrogen-bond donors (Lipinski definition) is 1. The number of benzene rings is 1. The molecule has 1 aromatic rings. The Morgan fingerprint density at radius 3 is 2.71 bits per heavy atom. The normalized spacial score (nSPS) is 15.6. The third-order valence-corrected chi connectivity index (χ3v) is 4.39. The first kappa shape index (κ1) is 18.5. The number of hydrogen-bond acceptors (Lipinski definition) is 2. The predicted molar refractivity (Wildman–Crippen MR) is 92.9 cm³/mol. The summed E-state index contributed by atoms with van der Waals surface area (Å²) in [5.41, 5.74) is 1.08. The van der Waals surface area contributed by atoms with Gasteiger partial charge in [0.05, 0.1) is 6.42 Å². The number of carbonyl (C=O) groups is 1. The highest BCUT2D eigenvalue weighted by Gasteiger charge is 2.22. The second-order valence-electron chi connectivity index (χ2n) is 5.44. The van der Waals surface area contributed by atoms with Crippen molar-refractivity contribution >= 4 is 34.2 Å². The second-order valence-corrected chi connectivity index (χ2v) is 6.35. The minimum absolute atomic E-state index is 0. The first-order valence-corrected chi connectivity index (χ1v) is 8.21. The molecule has 0 unspecified atom stereocenters. The number of carbonyl (C=O) groups excluding carboxylic acids is 1. The molecule has 1 heterocycles. The Balaban J connectivity index is 0.00000220. The van der Waals surface area contributed by atoms with E-state index >= 15 is 0 Å². The lowest BCUT2D eigenvalue weighted by Gasteiger charge is -2.32. The monoisotopic (exact) mass is 374 g/mol. The van der Waals surface area contributed by atoms with Gasteiger partial charge in [0.25, 0.3) is 0 Å². The summed E-state index contributed by atoms with van der Waals surface area (Å²) in [5.74, 6) is 0.981. The molecule has 5 heteroatoms. The Bertz CT molecular complexity index is 448. The van der Waals surface area contributed by atoms with Crippen LogP contribution in [0.3, 0.4) is 0 Å². The summed E-state index contributed by atoms with van der Waals surface area (Å²) in [6.45, 7) is 6.06. The van der Waals surface area contributed by atoms with Gasteiger partial charge >= 0.3 is 0 Å². The van der Waals surface area contributed by atoms with E-state index in [1.807, 2.05) is 29.2 Å². The lowest BCUT2D eigenvalue weighted by Crippen LogP contribution is -2.41. The topological polar surface area (TPSA) is 32.3 Å². The van der Waals surface area contributed by atoms with E-state index in [-0.39, 0.29) is 18.3 Å². The number of halogens is 2. The van der Waals surface area contributed by atoms with E-state index in [0.29, 0.717) is 6.42 Å². The lowest BCUT2D eigenvalue weighted by molar-refractivity contribution is -0.131. The third-order valence-electron chi connectivity index (χ3n) is 3.89. The number of likely N-dealkylation sites (tertiary alicyclic amines) is 1. The van der Waals surface area contributed by atoms with Gasteiger partial charge < -0.3 is 10.2 Å². The molecule has 0 saturated carbocycles. The first-order valence-electron chi connectivity index (χ1n) is 7.42.